The van der Waals surface area contributed by atoms with Gasteiger partial charge in [0.2, 0.25) is 11.8 Å². The molecule has 4 nitrogen and oxygen atoms in total. The van der Waals surface area contributed by atoms with E-state index in [0.717, 1.165) is 38.9 Å². The number of benzene rings is 1. The van der Waals surface area contributed by atoms with E-state index >= 15 is 0 Å². The number of carbonyl (C=O) groups is 2. The lowest BCUT2D eigenvalue weighted by Crippen LogP contribution is -2.44. The van der Waals surface area contributed by atoms with Gasteiger partial charge in [-0.15, -0.1) is 0 Å². The molecule has 0 aromatic heterocycles. The van der Waals surface area contributed by atoms with Gasteiger partial charge < -0.3 is 9.80 Å². The highest BCUT2D eigenvalue weighted by Crippen LogP contribution is 2.36. The van der Waals surface area contributed by atoms with E-state index in [-0.39, 0.29) is 24.1 Å². The van der Waals surface area contributed by atoms with Gasteiger partial charge >= 0.3 is 0 Å². The maximum atomic E-state index is 13.7. The Morgan fingerprint density at radius 3 is 2.46 bits per heavy atom. The molecule has 4 rings (SSSR count). The summed E-state index contributed by atoms with van der Waals surface area (Å²) in [6, 6.07) is 6.47. The number of rotatable bonds is 3. The molecule has 2 unspecified atom stereocenters. The van der Waals surface area contributed by atoms with Crippen molar-refractivity contribution in [2.24, 2.45) is 17.8 Å². The molecule has 1 saturated carbocycles. The predicted molar refractivity (Wildman–Crippen MR) is 87.6 cm³/mol. The molecule has 2 heterocycles. The Hall–Kier alpha value is -1.91. The molecule has 128 valence electrons. The first kappa shape index (κ1) is 15.6. The summed E-state index contributed by atoms with van der Waals surface area (Å²) in [7, 11) is 0. The molecule has 2 saturated heterocycles. The van der Waals surface area contributed by atoms with Crippen LogP contribution in [0.1, 0.15) is 24.8 Å². The van der Waals surface area contributed by atoms with Crippen molar-refractivity contribution in [1.82, 2.24) is 9.80 Å². The highest BCUT2D eigenvalue weighted by molar-refractivity contribution is 5.81. The molecule has 0 radical (unpaired) electrons. The lowest BCUT2D eigenvalue weighted by atomic mass is 9.88. The molecule has 24 heavy (non-hydrogen) atoms. The summed E-state index contributed by atoms with van der Waals surface area (Å²) >= 11 is 0. The zero-order valence-corrected chi connectivity index (χ0v) is 13.8. The van der Waals surface area contributed by atoms with Crippen LogP contribution >= 0.6 is 0 Å². The van der Waals surface area contributed by atoms with Gasteiger partial charge in [-0.2, -0.15) is 0 Å². The zero-order chi connectivity index (χ0) is 16.7. The molecule has 3 fully saturated rings. The van der Waals surface area contributed by atoms with Gasteiger partial charge in [0.15, 0.2) is 0 Å². The first-order chi connectivity index (χ1) is 11.6. The number of fused-ring (bicyclic) bond motifs is 1. The fourth-order valence-electron chi connectivity index (χ4n) is 4.08. The Morgan fingerprint density at radius 1 is 1.00 bits per heavy atom. The van der Waals surface area contributed by atoms with Crippen molar-refractivity contribution in [3.8, 4) is 0 Å². The maximum Gasteiger partial charge on any atom is 0.227 e. The topological polar surface area (TPSA) is 40.6 Å². The van der Waals surface area contributed by atoms with Crippen molar-refractivity contribution in [1.29, 1.82) is 0 Å². The van der Waals surface area contributed by atoms with E-state index in [9.17, 15) is 14.0 Å². The van der Waals surface area contributed by atoms with Crippen molar-refractivity contribution in [2.75, 3.05) is 26.2 Å². The minimum atomic E-state index is -0.317. The van der Waals surface area contributed by atoms with Gasteiger partial charge in [0, 0.05) is 32.1 Å². The summed E-state index contributed by atoms with van der Waals surface area (Å²) in [4.78, 5) is 28.6. The van der Waals surface area contributed by atoms with Gasteiger partial charge in [0.05, 0.1) is 6.42 Å². The van der Waals surface area contributed by atoms with Gasteiger partial charge in [-0.3, -0.25) is 9.59 Å². The monoisotopic (exact) mass is 330 g/mol. The summed E-state index contributed by atoms with van der Waals surface area (Å²) in [5, 5.41) is 0. The van der Waals surface area contributed by atoms with Crippen molar-refractivity contribution in [3.63, 3.8) is 0 Å². The first-order valence-corrected chi connectivity index (χ1v) is 8.92. The van der Waals surface area contributed by atoms with Crippen LogP contribution in [0.25, 0.3) is 0 Å². The second-order valence-corrected chi connectivity index (χ2v) is 7.43. The second kappa shape index (κ2) is 6.19. The number of amides is 2. The summed E-state index contributed by atoms with van der Waals surface area (Å²) in [6.07, 6.45) is 3.15. The largest absolute Gasteiger partial charge is 0.342 e. The van der Waals surface area contributed by atoms with Gasteiger partial charge in [-0.05, 0) is 42.7 Å². The van der Waals surface area contributed by atoms with Crippen LogP contribution in [-0.2, 0) is 16.0 Å². The molecule has 2 aliphatic heterocycles. The molecule has 3 aliphatic rings. The summed E-state index contributed by atoms with van der Waals surface area (Å²) in [5.74, 6) is 1.15. The number of piperidine rings is 1. The molecule has 2 atom stereocenters. The minimum Gasteiger partial charge on any atom is -0.342 e. The Morgan fingerprint density at radius 2 is 1.71 bits per heavy atom. The van der Waals surface area contributed by atoms with Crippen LogP contribution in [0.15, 0.2) is 24.3 Å². The average Bonchev–Trinajstić information content (AvgIpc) is 3.34. The smallest absolute Gasteiger partial charge is 0.227 e. The fourth-order valence-corrected chi connectivity index (χ4v) is 4.08. The van der Waals surface area contributed by atoms with E-state index in [1.807, 2.05) is 9.80 Å². The Labute approximate surface area is 141 Å². The average molecular weight is 330 g/mol. The third kappa shape index (κ3) is 3.04. The normalized spacial score (nSPS) is 26.4. The van der Waals surface area contributed by atoms with E-state index < -0.39 is 0 Å². The lowest BCUT2D eigenvalue weighted by molar-refractivity contribution is -0.132. The van der Waals surface area contributed by atoms with Crippen molar-refractivity contribution in [2.45, 2.75) is 25.7 Å². The van der Waals surface area contributed by atoms with E-state index in [1.54, 1.807) is 18.2 Å². The highest BCUT2D eigenvalue weighted by Gasteiger charge is 2.43. The van der Waals surface area contributed by atoms with Crippen molar-refractivity contribution in [3.05, 3.63) is 35.6 Å². The van der Waals surface area contributed by atoms with Crippen LogP contribution in [-0.4, -0.2) is 47.8 Å². The van der Waals surface area contributed by atoms with Crippen LogP contribution in [0.3, 0.4) is 0 Å². The predicted octanol–water partition coefficient (Wildman–Crippen LogP) is 2.09. The van der Waals surface area contributed by atoms with Crippen LogP contribution in [0.2, 0.25) is 0 Å². The van der Waals surface area contributed by atoms with E-state index in [2.05, 4.69) is 0 Å². The number of likely N-dealkylation sites (tertiary alicyclic amines) is 2. The third-order valence-electron chi connectivity index (χ3n) is 5.69. The number of halogens is 1. The van der Waals surface area contributed by atoms with Crippen LogP contribution in [0.5, 0.6) is 0 Å². The van der Waals surface area contributed by atoms with Crippen LogP contribution < -0.4 is 0 Å². The molecule has 1 aliphatic carbocycles. The standard InChI is InChI=1S/C19H23FN2O2/c20-17-4-2-1-3-14(17)9-18(23)21-8-7-15-10-22(12-16(15)11-21)19(24)13-5-6-13/h1-4,13,15-16H,5-12H2. The minimum absolute atomic E-state index is 0.00878. The highest BCUT2D eigenvalue weighted by atomic mass is 19.1. The summed E-state index contributed by atoms with van der Waals surface area (Å²) in [5.41, 5.74) is 0.460. The molecule has 2 amide bonds. The molecule has 1 aromatic rings. The Kier molecular flexibility index (Phi) is 4.02. The van der Waals surface area contributed by atoms with Gasteiger partial charge in [-0.25, -0.2) is 4.39 Å². The molecule has 0 spiro atoms. The SMILES string of the molecule is O=C(Cc1ccccc1F)N1CCC2CN(C(=O)C3CC3)CC2C1. The Balaban J connectivity index is 1.36. The second-order valence-electron chi connectivity index (χ2n) is 7.43. The molecule has 0 bridgehead atoms. The van der Waals surface area contributed by atoms with E-state index in [0.29, 0.717) is 29.9 Å². The molecule has 0 N–H and O–H groups in total. The molecular weight excluding hydrogens is 307 g/mol. The molecular formula is C19H23FN2O2. The fraction of sp³-hybridized carbons (Fsp3) is 0.579. The summed E-state index contributed by atoms with van der Waals surface area (Å²) < 4.78 is 13.7. The van der Waals surface area contributed by atoms with Crippen molar-refractivity contribution >= 4 is 11.8 Å². The van der Waals surface area contributed by atoms with Crippen molar-refractivity contribution < 1.29 is 14.0 Å². The van der Waals surface area contributed by atoms with Gasteiger partial charge in [0.1, 0.15) is 5.82 Å². The third-order valence-corrected chi connectivity index (χ3v) is 5.69. The lowest BCUT2D eigenvalue weighted by Gasteiger charge is -2.34. The Bertz CT molecular complexity index is 659. The number of hydrogen-bond donors (Lipinski definition) is 0. The maximum absolute atomic E-state index is 13.7. The molecule has 5 heteroatoms. The number of nitrogens with zero attached hydrogens (tertiary/aromatic N) is 2. The van der Waals surface area contributed by atoms with Gasteiger partial charge in [-0.1, -0.05) is 18.2 Å². The molecule has 1 aromatic carbocycles. The summed E-state index contributed by atoms with van der Waals surface area (Å²) in [6.45, 7) is 3.06. The number of carbonyl (C=O) groups excluding carboxylic acids is 2. The van der Waals surface area contributed by atoms with Crippen LogP contribution in [0.4, 0.5) is 4.39 Å². The van der Waals surface area contributed by atoms with E-state index in [1.165, 1.54) is 6.07 Å². The first-order valence-electron chi connectivity index (χ1n) is 8.92. The number of hydrogen-bond acceptors (Lipinski definition) is 2. The quantitative estimate of drug-likeness (QED) is 0.851. The van der Waals surface area contributed by atoms with E-state index in [4.69, 9.17) is 0 Å². The van der Waals surface area contributed by atoms with Gasteiger partial charge in [0.25, 0.3) is 0 Å². The van der Waals surface area contributed by atoms with Crippen LogP contribution in [0, 0.1) is 23.6 Å². The zero-order valence-electron chi connectivity index (χ0n) is 13.8.